The van der Waals surface area contributed by atoms with Crippen LogP contribution < -0.4 is 0 Å². The third kappa shape index (κ3) is 4.32. The fourth-order valence-electron chi connectivity index (χ4n) is 1.47. The Hall–Kier alpha value is -1.13. The van der Waals surface area contributed by atoms with E-state index in [9.17, 15) is 9.18 Å². The summed E-state index contributed by atoms with van der Waals surface area (Å²) in [5.41, 5.74) is 0.710. The maximum atomic E-state index is 13.2. The molecule has 0 atom stereocenters. The molecule has 1 aromatic rings. The first-order valence-corrected chi connectivity index (χ1v) is 5.67. The molecular formula is C12H15ClFNO2. The topological polar surface area (TPSA) is 40.5 Å². The summed E-state index contributed by atoms with van der Waals surface area (Å²) in [7, 11) is 0. The van der Waals surface area contributed by atoms with E-state index in [0.29, 0.717) is 12.1 Å². The molecule has 0 unspecified atom stereocenters. The second kappa shape index (κ2) is 5.98. The summed E-state index contributed by atoms with van der Waals surface area (Å²) < 4.78 is 13.2. The summed E-state index contributed by atoms with van der Waals surface area (Å²) in [6.45, 7) is 4.12. The second-order valence-electron chi connectivity index (χ2n) is 4.14. The molecule has 0 aliphatic heterocycles. The molecule has 0 radical (unpaired) electrons. The van der Waals surface area contributed by atoms with Crippen LogP contribution in [0, 0.1) is 5.82 Å². The minimum absolute atomic E-state index is 0.0675. The standard InChI is InChI=1S/C12H15ClFNO2/c1-8(2)15(7-12(16)17)6-9-3-4-10(13)11(14)5-9/h3-5,8H,6-7H2,1-2H3,(H,16,17). The normalized spacial score (nSPS) is 11.2. The lowest BCUT2D eigenvalue weighted by molar-refractivity contribution is -0.138. The van der Waals surface area contributed by atoms with Gasteiger partial charge in [-0.25, -0.2) is 4.39 Å². The number of rotatable bonds is 5. The molecule has 0 aromatic heterocycles. The summed E-state index contributed by atoms with van der Waals surface area (Å²) in [5.74, 6) is -1.38. The van der Waals surface area contributed by atoms with Gasteiger partial charge >= 0.3 is 5.97 Å². The average molecular weight is 260 g/mol. The van der Waals surface area contributed by atoms with Crippen molar-refractivity contribution in [3.63, 3.8) is 0 Å². The van der Waals surface area contributed by atoms with Gasteiger partial charge < -0.3 is 5.11 Å². The first-order valence-electron chi connectivity index (χ1n) is 5.30. The van der Waals surface area contributed by atoms with E-state index in [2.05, 4.69) is 0 Å². The minimum atomic E-state index is -0.895. The highest BCUT2D eigenvalue weighted by molar-refractivity contribution is 6.30. The van der Waals surface area contributed by atoms with Crippen molar-refractivity contribution < 1.29 is 14.3 Å². The van der Waals surface area contributed by atoms with Crippen LogP contribution in [0.2, 0.25) is 5.02 Å². The summed E-state index contributed by atoms with van der Waals surface area (Å²) in [6.07, 6.45) is 0. The van der Waals surface area contributed by atoms with Crippen molar-refractivity contribution >= 4 is 17.6 Å². The number of hydrogen-bond acceptors (Lipinski definition) is 2. The Balaban J connectivity index is 2.78. The molecule has 3 nitrogen and oxygen atoms in total. The first kappa shape index (κ1) is 13.9. The fourth-order valence-corrected chi connectivity index (χ4v) is 1.58. The van der Waals surface area contributed by atoms with Crippen LogP contribution in [-0.4, -0.2) is 28.6 Å². The predicted molar refractivity (Wildman–Crippen MR) is 64.6 cm³/mol. The van der Waals surface area contributed by atoms with E-state index in [1.54, 1.807) is 11.0 Å². The molecule has 17 heavy (non-hydrogen) atoms. The summed E-state index contributed by atoms with van der Waals surface area (Å²) >= 11 is 5.58. The molecule has 0 aliphatic carbocycles. The Morgan fingerprint density at radius 1 is 1.53 bits per heavy atom. The number of hydrogen-bond donors (Lipinski definition) is 1. The Bertz CT molecular complexity index is 409. The summed E-state index contributed by atoms with van der Waals surface area (Å²) in [6, 6.07) is 4.58. The Morgan fingerprint density at radius 3 is 2.65 bits per heavy atom. The SMILES string of the molecule is CC(C)N(CC(=O)O)Cc1ccc(Cl)c(F)c1. The van der Waals surface area contributed by atoms with Crippen LogP contribution in [0.1, 0.15) is 19.4 Å². The van der Waals surface area contributed by atoms with Gasteiger partial charge in [-0.15, -0.1) is 0 Å². The third-order valence-corrected chi connectivity index (χ3v) is 2.74. The number of halogens is 2. The van der Waals surface area contributed by atoms with E-state index in [0.717, 1.165) is 0 Å². The molecule has 0 saturated heterocycles. The molecule has 1 rings (SSSR count). The predicted octanol–water partition coefficient (Wildman–Crippen LogP) is 2.77. The van der Waals surface area contributed by atoms with Crippen molar-refractivity contribution in [1.29, 1.82) is 0 Å². The maximum absolute atomic E-state index is 13.2. The maximum Gasteiger partial charge on any atom is 0.317 e. The highest BCUT2D eigenvalue weighted by atomic mass is 35.5. The van der Waals surface area contributed by atoms with Crippen LogP contribution in [0.5, 0.6) is 0 Å². The van der Waals surface area contributed by atoms with Gasteiger partial charge in [0.05, 0.1) is 11.6 Å². The molecule has 0 spiro atoms. The van der Waals surface area contributed by atoms with Crippen LogP contribution in [0.4, 0.5) is 4.39 Å². The number of aliphatic carboxylic acids is 1. The third-order valence-electron chi connectivity index (χ3n) is 2.44. The van der Waals surface area contributed by atoms with Crippen molar-refractivity contribution in [2.75, 3.05) is 6.54 Å². The lowest BCUT2D eigenvalue weighted by Gasteiger charge is -2.24. The quantitative estimate of drug-likeness (QED) is 0.884. The fraction of sp³-hybridized carbons (Fsp3) is 0.417. The molecular weight excluding hydrogens is 245 g/mol. The highest BCUT2D eigenvalue weighted by Crippen LogP contribution is 2.17. The Kier molecular flexibility index (Phi) is 4.90. The molecule has 0 fully saturated rings. The van der Waals surface area contributed by atoms with Crippen LogP contribution in [0.3, 0.4) is 0 Å². The second-order valence-corrected chi connectivity index (χ2v) is 4.55. The molecule has 0 aliphatic rings. The Labute approximate surface area is 105 Å². The lowest BCUT2D eigenvalue weighted by Crippen LogP contribution is -2.35. The molecule has 1 N–H and O–H groups in total. The van der Waals surface area contributed by atoms with Gasteiger partial charge in [-0.05, 0) is 31.5 Å². The zero-order valence-electron chi connectivity index (χ0n) is 9.78. The molecule has 0 saturated carbocycles. The molecule has 0 amide bonds. The molecule has 1 aromatic carbocycles. The van der Waals surface area contributed by atoms with Crippen LogP contribution in [0.25, 0.3) is 0 Å². The summed E-state index contributed by atoms with van der Waals surface area (Å²) in [5, 5.41) is 8.84. The zero-order valence-corrected chi connectivity index (χ0v) is 10.5. The van der Waals surface area contributed by atoms with E-state index in [1.807, 2.05) is 13.8 Å². The van der Waals surface area contributed by atoms with Gasteiger partial charge in [0.25, 0.3) is 0 Å². The van der Waals surface area contributed by atoms with Crippen molar-refractivity contribution in [2.45, 2.75) is 26.4 Å². The van der Waals surface area contributed by atoms with Crippen LogP contribution >= 0.6 is 11.6 Å². The lowest BCUT2D eigenvalue weighted by atomic mass is 10.2. The molecule has 0 heterocycles. The number of carbonyl (C=O) groups is 1. The number of carboxylic acid groups (broad SMARTS) is 1. The first-order chi connectivity index (χ1) is 7.90. The van der Waals surface area contributed by atoms with Gasteiger partial charge in [0.15, 0.2) is 0 Å². The van der Waals surface area contributed by atoms with Gasteiger partial charge in [-0.1, -0.05) is 17.7 Å². The number of nitrogens with zero attached hydrogens (tertiary/aromatic N) is 1. The van der Waals surface area contributed by atoms with E-state index >= 15 is 0 Å². The number of carboxylic acids is 1. The largest absolute Gasteiger partial charge is 0.480 e. The molecule has 0 bridgehead atoms. The van der Waals surface area contributed by atoms with Crippen molar-refractivity contribution in [3.05, 3.63) is 34.6 Å². The van der Waals surface area contributed by atoms with Crippen molar-refractivity contribution in [2.24, 2.45) is 0 Å². The van der Waals surface area contributed by atoms with Gasteiger partial charge in [0, 0.05) is 12.6 Å². The van der Waals surface area contributed by atoms with Crippen molar-refractivity contribution in [1.82, 2.24) is 4.90 Å². The summed E-state index contributed by atoms with van der Waals surface area (Å²) in [4.78, 5) is 12.4. The van der Waals surface area contributed by atoms with Crippen LogP contribution in [0.15, 0.2) is 18.2 Å². The van der Waals surface area contributed by atoms with Gasteiger partial charge in [0.2, 0.25) is 0 Å². The van der Waals surface area contributed by atoms with Gasteiger partial charge in [-0.3, -0.25) is 9.69 Å². The average Bonchev–Trinajstić information content (AvgIpc) is 2.21. The van der Waals surface area contributed by atoms with Gasteiger partial charge in [-0.2, -0.15) is 0 Å². The smallest absolute Gasteiger partial charge is 0.317 e. The van der Waals surface area contributed by atoms with E-state index in [-0.39, 0.29) is 17.6 Å². The molecule has 94 valence electrons. The van der Waals surface area contributed by atoms with E-state index in [1.165, 1.54) is 12.1 Å². The number of benzene rings is 1. The van der Waals surface area contributed by atoms with E-state index in [4.69, 9.17) is 16.7 Å². The monoisotopic (exact) mass is 259 g/mol. The van der Waals surface area contributed by atoms with Crippen LogP contribution in [-0.2, 0) is 11.3 Å². The minimum Gasteiger partial charge on any atom is -0.480 e. The van der Waals surface area contributed by atoms with Gasteiger partial charge in [0.1, 0.15) is 5.82 Å². The zero-order chi connectivity index (χ0) is 13.0. The Morgan fingerprint density at radius 2 is 2.18 bits per heavy atom. The highest BCUT2D eigenvalue weighted by Gasteiger charge is 2.14. The van der Waals surface area contributed by atoms with Crippen molar-refractivity contribution in [3.8, 4) is 0 Å². The molecule has 5 heteroatoms. The van der Waals surface area contributed by atoms with E-state index < -0.39 is 11.8 Å².